The second kappa shape index (κ2) is 53.5. The van der Waals surface area contributed by atoms with Gasteiger partial charge in [0.25, 0.3) is 0 Å². The summed E-state index contributed by atoms with van der Waals surface area (Å²) in [6.07, 6.45) is 67.4. The van der Waals surface area contributed by atoms with E-state index in [0.717, 1.165) is 96.3 Å². The van der Waals surface area contributed by atoms with Crippen molar-refractivity contribution >= 4 is 17.9 Å². The Morgan fingerprint density at radius 1 is 0.308 bits per heavy atom. The molecule has 0 aliphatic heterocycles. The van der Waals surface area contributed by atoms with Crippen LogP contribution in [0.5, 0.6) is 0 Å². The maximum atomic E-state index is 12.8. The molecule has 0 amide bonds. The Labute approximate surface area is 402 Å². The zero-order valence-electron chi connectivity index (χ0n) is 42.7. The minimum Gasteiger partial charge on any atom is -0.462 e. The van der Waals surface area contributed by atoms with Crippen LogP contribution in [0.3, 0.4) is 0 Å². The van der Waals surface area contributed by atoms with E-state index in [-0.39, 0.29) is 31.1 Å². The van der Waals surface area contributed by atoms with Crippen LogP contribution in [-0.4, -0.2) is 37.2 Å². The van der Waals surface area contributed by atoms with Gasteiger partial charge in [0.1, 0.15) is 13.2 Å². The van der Waals surface area contributed by atoms with Crippen molar-refractivity contribution in [1.29, 1.82) is 0 Å². The van der Waals surface area contributed by atoms with Gasteiger partial charge in [0.15, 0.2) is 6.10 Å². The van der Waals surface area contributed by atoms with Crippen molar-refractivity contribution in [3.05, 3.63) is 72.9 Å². The number of ether oxygens (including phenoxy) is 3. The van der Waals surface area contributed by atoms with Crippen LogP contribution in [0.2, 0.25) is 0 Å². The zero-order valence-corrected chi connectivity index (χ0v) is 42.7. The van der Waals surface area contributed by atoms with Crippen LogP contribution in [0.4, 0.5) is 0 Å². The molecule has 0 aromatic heterocycles. The van der Waals surface area contributed by atoms with Crippen LogP contribution in [0, 0.1) is 0 Å². The number of esters is 3. The standard InChI is InChI=1S/C59H102O6/c1-4-7-10-13-16-19-22-24-26-28-29-31-33-35-38-40-43-46-49-52-58(61)64-55-56(65-59(62)53-50-47-44-41-36-21-18-15-12-9-6-3)54-63-57(60)51-48-45-42-39-37-34-32-30-27-25-23-20-17-14-11-8-5-2/h16-17,19-20,24-27,29,31,35,38,56H,4-15,18,21-23,28,30,32-34,36-37,39-55H2,1-3H3/b19-16-,20-17-,26-24-,27-25-,31-29-,38-35-/t56-/m0/s1. The Hall–Kier alpha value is -3.15. The fourth-order valence-electron chi connectivity index (χ4n) is 7.51. The van der Waals surface area contributed by atoms with E-state index in [1.165, 1.54) is 128 Å². The SMILES string of the molecule is CCCCC/C=C\C/C=C\C/C=C\C/C=C\CCCCCC(=O)OC[C@H](COC(=O)CCCCCCCCC/C=C\C/C=C\CCCCC)OC(=O)CCCCCCCCCCCCC. The second-order valence-corrected chi connectivity index (χ2v) is 18.1. The lowest BCUT2D eigenvalue weighted by atomic mass is 10.1. The molecule has 0 radical (unpaired) electrons. The van der Waals surface area contributed by atoms with Crippen molar-refractivity contribution < 1.29 is 28.6 Å². The molecule has 0 fully saturated rings. The number of carbonyl (C=O) groups is 3. The number of carbonyl (C=O) groups excluding carboxylic acids is 3. The molecule has 0 aliphatic carbocycles. The summed E-state index contributed by atoms with van der Waals surface area (Å²) in [5, 5.41) is 0. The van der Waals surface area contributed by atoms with E-state index < -0.39 is 6.10 Å². The summed E-state index contributed by atoms with van der Waals surface area (Å²) in [6.45, 7) is 6.55. The van der Waals surface area contributed by atoms with Crippen LogP contribution < -0.4 is 0 Å². The predicted molar refractivity (Wildman–Crippen MR) is 279 cm³/mol. The molecular formula is C59H102O6. The Bertz CT molecular complexity index is 1230. The van der Waals surface area contributed by atoms with E-state index in [9.17, 15) is 14.4 Å². The highest BCUT2D eigenvalue weighted by molar-refractivity contribution is 5.71. The van der Waals surface area contributed by atoms with Gasteiger partial charge < -0.3 is 14.2 Å². The van der Waals surface area contributed by atoms with Crippen molar-refractivity contribution in [2.24, 2.45) is 0 Å². The molecule has 0 heterocycles. The summed E-state index contributed by atoms with van der Waals surface area (Å²) in [6, 6.07) is 0. The summed E-state index contributed by atoms with van der Waals surface area (Å²) in [5.41, 5.74) is 0. The molecule has 0 aromatic carbocycles. The van der Waals surface area contributed by atoms with Crippen LogP contribution in [0.25, 0.3) is 0 Å². The molecule has 6 heteroatoms. The molecule has 1 atom stereocenters. The van der Waals surface area contributed by atoms with Crippen molar-refractivity contribution in [3.63, 3.8) is 0 Å². The van der Waals surface area contributed by atoms with Gasteiger partial charge in [0, 0.05) is 19.3 Å². The van der Waals surface area contributed by atoms with Crippen LogP contribution >= 0.6 is 0 Å². The first kappa shape index (κ1) is 61.9. The average molecular weight is 907 g/mol. The zero-order chi connectivity index (χ0) is 47.2. The van der Waals surface area contributed by atoms with Crippen LogP contribution in [-0.2, 0) is 28.6 Å². The van der Waals surface area contributed by atoms with Gasteiger partial charge in [-0.3, -0.25) is 14.4 Å². The maximum absolute atomic E-state index is 12.8. The van der Waals surface area contributed by atoms with Crippen molar-refractivity contribution in [2.45, 2.75) is 271 Å². The van der Waals surface area contributed by atoms with Gasteiger partial charge in [-0.2, -0.15) is 0 Å². The molecule has 0 aromatic rings. The van der Waals surface area contributed by atoms with Gasteiger partial charge >= 0.3 is 17.9 Å². The highest BCUT2D eigenvalue weighted by Gasteiger charge is 2.19. The summed E-state index contributed by atoms with van der Waals surface area (Å²) in [5.74, 6) is -0.923. The first-order valence-electron chi connectivity index (χ1n) is 27.4. The van der Waals surface area contributed by atoms with Gasteiger partial charge in [0.05, 0.1) is 0 Å². The minimum absolute atomic E-state index is 0.0884. The van der Waals surface area contributed by atoms with Crippen LogP contribution in [0.1, 0.15) is 265 Å². The highest BCUT2D eigenvalue weighted by atomic mass is 16.6. The highest BCUT2D eigenvalue weighted by Crippen LogP contribution is 2.15. The maximum Gasteiger partial charge on any atom is 0.306 e. The lowest BCUT2D eigenvalue weighted by Crippen LogP contribution is -2.30. The quantitative estimate of drug-likeness (QED) is 0.0262. The summed E-state index contributed by atoms with van der Waals surface area (Å²) >= 11 is 0. The molecule has 0 saturated heterocycles. The first-order chi connectivity index (χ1) is 32.0. The van der Waals surface area contributed by atoms with Crippen molar-refractivity contribution in [1.82, 2.24) is 0 Å². The van der Waals surface area contributed by atoms with E-state index in [0.29, 0.717) is 19.3 Å². The summed E-state index contributed by atoms with van der Waals surface area (Å²) < 4.78 is 16.8. The molecule has 0 saturated carbocycles. The third-order valence-electron chi connectivity index (χ3n) is 11.7. The predicted octanol–water partition coefficient (Wildman–Crippen LogP) is 18.2. The monoisotopic (exact) mass is 907 g/mol. The van der Waals surface area contributed by atoms with Crippen molar-refractivity contribution in [2.75, 3.05) is 13.2 Å². The first-order valence-corrected chi connectivity index (χ1v) is 27.4. The second-order valence-electron chi connectivity index (χ2n) is 18.1. The molecule has 0 rings (SSSR count). The Balaban J connectivity index is 4.40. The van der Waals surface area contributed by atoms with Gasteiger partial charge in [-0.1, -0.05) is 222 Å². The largest absolute Gasteiger partial charge is 0.462 e. The summed E-state index contributed by atoms with van der Waals surface area (Å²) in [7, 11) is 0. The average Bonchev–Trinajstić information content (AvgIpc) is 3.30. The van der Waals surface area contributed by atoms with Gasteiger partial charge in [0.2, 0.25) is 0 Å². The Morgan fingerprint density at radius 3 is 0.908 bits per heavy atom. The lowest BCUT2D eigenvalue weighted by Gasteiger charge is -2.18. The molecular weight excluding hydrogens is 805 g/mol. The molecule has 374 valence electrons. The van der Waals surface area contributed by atoms with E-state index in [1.54, 1.807) is 0 Å². The van der Waals surface area contributed by atoms with Gasteiger partial charge in [-0.25, -0.2) is 0 Å². The normalized spacial score (nSPS) is 12.6. The molecule has 0 aliphatic rings. The van der Waals surface area contributed by atoms with E-state index in [2.05, 4.69) is 93.7 Å². The molecule has 0 bridgehead atoms. The number of unbranched alkanes of at least 4 members (excludes halogenated alkanes) is 26. The minimum atomic E-state index is -0.789. The fourth-order valence-corrected chi connectivity index (χ4v) is 7.51. The Morgan fingerprint density at radius 2 is 0.554 bits per heavy atom. The molecule has 65 heavy (non-hydrogen) atoms. The van der Waals surface area contributed by atoms with Crippen LogP contribution in [0.15, 0.2) is 72.9 Å². The van der Waals surface area contributed by atoms with Gasteiger partial charge in [-0.15, -0.1) is 0 Å². The fraction of sp³-hybridized carbons (Fsp3) is 0.746. The topological polar surface area (TPSA) is 78.9 Å². The molecule has 0 N–H and O–H groups in total. The smallest absolute Gasteiger partial charge is 0.306 e. The van der Waals surface area contributed by atoms with E-state index in [4.69, 9.17) is 14.2 Å². The number of allylic oxidation sites excluding steroid dienone is 12. The number of rotatable bonds is 49. The third-order valence-corrected chi connectivity index (χ3v) is 11.7. The molecule has 6 nitrogen and oxygen atoms in total. The van der Waals surface area contributed by atoms with Crippen molar-refractivity contribution in [3.8, 4) is 0 Å². The molecule has 0 unspecified atom stereocenters. The molecule has 0 spiro atoms. The van der Waals surface area contributed by atoms with E-state index in [1.807, 2.05) is 0 Å². The number of hydrogen-bond donors (Lipinski definition) is 0. The lowest BCUT2D eigenvalue weighted by molar-refractivity contribution is -0.167. The summed E-state index contributed by atoms with van der Waals surface area (Å²) in [4.78, 5) is 38.0. The Kier molecular flexibility index (Phi) is 50.9. The van der Waals surface area contributed by atoms with E-state index >= 15 is 0 Å². The third kappa shape index (κ3) is 51.7. The number of hydrogen-bond acceptors (Lipinski definition) is 6. The van der Waals surface area contributed by atoms with Gasteiger partial charge in [-0.05, 0) is 96.3 Å².